The highest BCUT2D eigenvalue weighted by atomic mass is 35.5. The van der Waals surface area contributed by atoms with E-state index in [4.69, 9.17) is 33.3 Å². The van der Waals surface area contributed by atoms with Crippen LogP contribution in [0.15, 0.2) is 79.3 Å². The average molecular weight is 476 g/mol. The summed E-state index contributed by atoms with van der Waals surface area (Å²) in [6, 6.07) is 19.2. The van der Waals surface area contributed by atoms with Gasteiger partial charge in [0.15, 0.2) is 16.6 Å². The number of pyridine rings is 2. The lowest BCUT2D eigenvalue weighted by atomic mass is 10.0. The van der Waals surface area contributed by atoms with Crippen LogP contribution < -0.4 is 19.7 Å². The van der Waals surface area contributed by atoms with Crippen LogP contribution in [0.5, 0.6) is 11.5 Å². The Bertz CT molecular complexity index is 1330. The minimum atomic E-state index is -0.194. The van der Waals surface area contributed by atoms with Crippen molar-refractivity contribution < 1.29 is 9.47 Å². The van der Waals surface area contributed by atoms with Gasteiger partial charge in [-0.15, -0.1) is 0 Å². The minimum absolute atomic E-state index is 0.176. The van der Waals surface area contributed by atoms with Crippen LogP contribution in [0.4, 0.5) is 5.69 Å². The van der Waals surface area contributed by atoms with Gasteiger partial charge in [-0.2, -0.15) is 0 Å². The summed E-state index contributed by atoms with van der Waals surface area (Å²) in [4.78, 5) is 11.2. The van der Waals surface area contributed by atoms with Crippen LogP contribution in [0.2, 0.25) is 5.02 Å². The van der Waals surface area contributed by atoms with Gasteiger partial charge < -0.3 is 24.3 Å². The lowest BCUT2D eigenvalue weighted by Crippen LogP contribution is -2.30. The number of hydrogen-bond donors (Lipinski definition) is 1. The van der Waals surface area contributed by atoms with Gasteiger partial charge in [-0.05, 0) is 60.7 Å². The van der Waals surface area contributed by atoms with E-state index < -0.39 is 0 Å². The van der Waals surface area contributed by atoms with E-state index in [1.807, 2.05) is 65.4 Å². The monoisotopic (exact) mass is 475 g/mol. The standard InChI is InChI=1S/C24H18ClN5O2S/c25-15-6-9-21(27-13-15)29-11-3-5-18(29)23-22(17-4-1-2-10-26-17)28-24(33)30(23)16-7-8-19-20(12-16)32-14-31-19/h1-13,22-23H,14H2,(H,28,33)/t22-,23+/m1/s1. The van der Waals surface area contributed by atoms with Crippen molar-refractivity contribution in [3.8, 4) is 17.3 Å². The molecule has 9 heteroatoms. The molecule has 0 unspecified atom stereocenters. The number of nitrogens with one attached hydrogen (secondary N) is 1. The van der Waals surface area contributed by atoms with Crippen LogP contribution in [0.3, 0.4) is 0 Å². The van der Waals surface area contributed by atoms with Gasteiger partial charge in [0.2, 0.25) is 6.79 Å². The summed E-state index contributed by atoms with van der Waals surface area (Å²) in [5, 5.41) is 4.67. The van der Waals surface area contributed by atoms with Crippen LogP contribution in [0.1, 0.15) is 23.5 Å². The normalized spacial score (nSPS) is 19.1. The molecule has 6 rings (SSSR count). The molecule has 1 fully saturated rings. The molecule has 2 atom stereocenters. The van der Waals surface area contributed by atoms with Crippen molar-refractivity contribution in [3.63, 3.8) is 0 Å². The number of fused-ring (bicyclic) bond motifs is 1. The first-order chi connectivity index (χ1) is 16.2. The number of ether oxygens (including phenoxy) is 2. The molecule has 0 bridgehead atoms. The number of hydrogen-bond acceptors (Lipinski definition) is 5. The van der Waals surface area contributed by atoms with Crippen LogP contribution in [0.25, 0.3) is 5.82 Å². The van der Waals surface area contributed by atoms with Crippen molar-refractivity contribution in [2.75, 3.05) is 11.7 Å². The molecule has 2 aliphatic heterocycles. The summed E-state index contributed by atoms with van der Waals surface area (Å²) in [6.07, 6.45) is 5.42. The van der Waals surface area contributed by atoms with Crippen LogP contribution in [0, 0.1) is 0 Å². The third kappa shape index (κ3) is 3.48. The Kier molecular flexibility index (Phi) is 4.89. The Labute approximate surface area is 200 Å². The maximum absolute atomic E-state index is 6.07. The molecule has 0 aliphatic carbocycles. The molecular weight excluding hydrogens is 458 g/mol. The Balaban J connectivity index is 1.50. The molecule has 4 aromatic rings. The first-order valence-corrected chi connectivity index (χ1v) is 11.2. The summed E-state index contributed by atoms with van der Waals surface area (Å²) in [5.74, 6) is 2.19. The highest BCUT2D eigenvalue weighted by molar-refractivity contribution is 7.80. The van der Waals surface area contributed by atoms with Crippen LogP contribution in [-0.2, 0) is 0 Å². The van der Waals surface area contributed by atoms with Gasteiger partial charge >= 0.3 is 0 Å². The van der Waals surface area contributed by atoms with E-state index in [1.165, 1.54) is 0 Å². The average Bonchev–Trinajstić information content (AvgIpc) is 3.57. The number of thiocarbonyl (C=S) groups is 1. The minimum Gasteiger partial charge on any atom is -0.454 e. The van der Waals surface area contributed by atoms with E-state index in [0.29, 0.717) is 15.9 Å². The zero-order valence-corrected chi connectivity index (χ0v) is 18.8. The molecule has 7 nitrogen and oxygen atoms in total. The molecule has 5 heterocycles. The molecule has 1 N–H and O–H groups in total. The number of benzene rings is 1. The van der Waals surface area contributed by atoms with E-state index in [2.05, 4.69) is 26.3 Å². The van der Waals surface area contributed by atoms with Crippen LogP contribution >= 0.6 is 23.8 Å². The number of aromatic nitrogens is 3. The van der Waals surface area contributed by atoms with Crippen molar-refractivity contribution in [1.82, 2.24) is 19.9 Å². The van der Waals surface area contributed by atoms with E-state index in [9.17, 15) is 0 Å². The van der Waals surface area contributed by atoms with Crippen molar-refractivity contribution in [3.05, 3.63) is 95.7 Å². The Morgan fingerprint density at radius 2 is 1.91 bits per heavy atom. The fourth-order valence-electron chi connectivity index (χ4n) is 4.32. The molecule has 33 heavy (non-hydrogen) atoms. The van der Waals surface area contributed by atoms with Gasteiger partial charge in [-0.1, -0.05) is 17.7 Å². The van der Waals surface area contributed by atoms with Gasteiger partial charge in [-0.25, -0.2) is 4.98 Å². The predicted molar refractivity (Wildman–Crippen MR) is 129 cm³/mol. The second-order valence-corrected chi connectivity index (χ2v) is 8.49. The number of anilines is 1. The van der Waals surface area contributed by atoms with Crippen molar-refractivity contribution in [2.45, 2.75) is 12.1 Å². The number of nitrogens with zero attached hydrogens (tertiary/aromatic N) is 4. The number of halogens is 1. The number of rotatable bonds is 4. The SMILES string of the molecule is S=C1N[C@H](c2ccccn2)[C@H](c2cccn2-c2ccc(Cl)cn2)N1c1ccc2c(c1)OCO2. The highest BCUT2D eigenvalue weighted by Crippen LogP contribution is 2.44. The zero-order chi connectivity index (χ0) is 22.4. The van der Waals surface area contributed by atoms with Gasteiger partial charge in [-0.3, -0.25) is 4.98 Å². The molecular formula is C24H18ClN5O2S. The van der Waals surface area contributed by atoms with E-state index >= 15 is 0 Å². The fourth-order valence-corrected chi connectivity index (χ4v) is 4.78. The van der Waals surface area contributed by atoms with E-state index in [0.717, 1.165) is 28.6 Å². The van der Waals surface area contributed by atoms with Crippen molar-refractivity contribution in [2.24, 2.45) is 0 Å². The third-order valence-corrected chi connectivity index (χ3v) is 6.31. The molecule has 1 aromatic carbocycles. The fraction of sp³-hybridized carbons (Fsp3) is 0.125. The summed E-state index contributed by atoms with van der Waals surface area (Å²) >= 11 is 11.9. The third-order valence-electron chi connectivity index (χ3n) is 5.77. The summed E-state index contributed by atoms with van der Waals surface area (Å²) in [6.45, 7) is 0.215. The topological polar surface area (TPSA) is 64.4 Å². The lowest BCUT2D eigenvalue weighted by molar-refractivity contribution is 0.174. The largest absolute Gasteiger partial charge is 0.454 e. The van der Waals surface area contributed by atoms with Gasteiger partial charge in [0.05, 0.1) is 16.8 Å². The van der Waals surface area contributed by atoms with Gasteiger partial charge in [0.1, 0.15) is 11.9 Å². The summed E-state index contributed by atoms with van der Waals surface area (Å²) in [5.41, 5.74) is 2.80. The van der Waals surface area contributed by atoms with Crippen molar-refractivity contribution >= 4 is 34.6 Å². The van der Waals surface area contributed by atoms with Crippen LogP contribution in [-0.4, -0.2) is 26.4 Å². The summed E-state index contributed by atoms with van der Waals surface area (Å²) < 4.78 is 13.2. The molecule has 0 radical (unpaired) electrons. The smallest absolute Gasteiger partial charge is 0.231 e. The lowest BCUT2D eigenvalue weighted by Gasteiger charge is -2.29. The Morgan fingerprint density at radius 3 is 2.73 bits per heavy atom. The molecule has 1 saturated heterocycles. The maximum Gasteiger partial charge on any atom is 0.231 e. The second-order valence-electron chi connectivity index (χ2n) is 7.67. The molecule has 164 valence electrons. The second kappa shape index (κ2) is 8.06. The highest BCUT2D eigenvalue weighted by Gasteiger charge is 2.42. The van der Waals surface area contributed by atoms with E-state index in [1.54, 1.807) is 12.4 Å². The molecule has 0 amide bonds. The zero-order valence-electron chi connectivity index (χ0n) is 17.3. The first kappa shape index (κ1) is 20.0. The Morgan fingerprint density at radius 1 is 1.00 bits per heavy atom. The first-order valence-electron chi connectivity index (χ1n) is 10.4. The predicted octanol–water partition coefficient (Wildman–Crippen LogP) is 4.83. The molecule has 0 spiro atoms. The quantitative estimate of drug-likeness (QED) is 0.424. The van der Waals surface area contributed by atoms with Gasteiger partial charge in [0.25, 0.3) is 0 Å². The van der Waals surface area contributed by atoms with E-state index in [-0.39, 0.29) is 18.9 Å². The van der Waals surface area contributed by atoms with Crippen molar-refractivity contribution in [1.29, 1.82) is 0 Å². The van der Waals surface area contributed by atoms with Gasteiger partial charge in [0, 0.05) is 36.0 Å². The summed E-state index contributed by atoms with van der Waals surface area (Å²) in [7, 11) is 0. The molecule has 3 aromatic heterocycles. The maximum atomic E-state index is 6.07. The Hall–Kier alpha value is -3.62. The molecule has 0 saturated carbocycles. The molecule has 2 aliphatic rings.